The van der Waals surface area contributed by atoms with E-state index < -0.39 is 0 Å². The van der Waals surface area contributed by atoms with E-state index in [4.69, 9.17) is 9.72 Å². The van der Waals surface area contributed by atoms with Gasteiger partial charge >= 0.3 is 5.97 Å². The molecule has 1 aliphatic rings. The van der Waals surface area contributed by atoms with E-state index in [0.717, 1.165) is 40.4 Å². The average molecular weight is 337 g/mol. The number of allylic oxidation sites excluding steroid dienone is 4. The number of H-pyrrole nitrogens is 1. The van der Waals surface area contributed by atoms with Crippen molar-refractivity contribution in [3.05, 3.63) is 53.1 Å². The van der Waals surface area contributed by atoms with Gasteiger partial charge < -0.3 is 9.72 Å². The first-order valence-electron chi connectivity index (χ1n) is 7.64. The Balaban J connectivity index is 1.69. The van der Waals surface area contributed by atoms with Crippen molar-refractivity contribution in [2.24, 2.45) is 0 Å². The van der Waals surface area contributed by atoms with Crippen LogP contribution in [0.1, 0.15) is 28.9 Å². The van der Waals surface area contributed by atoms with Crippen molar-refractivity contribution in [3.8, 4) is 10.8 Å². The van der Waals surface area contributed by atoms with Gasteiger partial charge in [-0.15, -0.1) is 11.3 Å². The van der Waals surface area contributed by atoms with Gasteiger partial charge in [-0.05, 0) is 36.6 Å². The number of carbonyl (C=O) groups excluding carboxylic acids is 1. The van der Waals surface area contributed by atoms with Crippen LogP contribution in [0.15, 0.2) is 41.8 Å². The fraction of sp³-hybridized carbons (Fsp3) is 0.167. The molecule has 0 spiro atoms. The number of nitrogens with one attached hydrogen (secondary N) is 1. The maximum absolute atomic E-state index is 11.6. The number of esters is 1. The van der Waals surface area contributed by atoms with Crippen LogP contribution in [0.3, 0.4) is 0 Å². The van der Waals surface area contributed by atoms with Gasteiger partial charge in [0, 0.05) is 5.38 Å². The molecule has 0 bridgehead atoms. The number of thiazole rings is 1. The van der Waals surface area contributed by atoms with Crippen LogP contribution in [0.4, 0.5) is 0 Å². The first-order chi connectivity index (χ1) is 11.7. The standard InChI is InChI=1S/C18H15N3O2S/c1-23-18(22)12-7-8-13-14(9-12)20-16(19-13)17-21-15(10-24-17)11-5-3-2-4-6-11/h2-3,5,7-10H,4,6H2,1H3,(H,19,20). The van der Waals surface area contributed by atoms with Gasteiger partial charge in [0.15, 0.2) is 10.8 Å². The van der Waals surface area contributed by atoms with E-state index in [-0.39, 0.29) is 5.97 Å². The summed E-state index contributed by atoms with van der Waals surface area (Å²) in [6, 6.07) is 5.27. The zero-order valence-electron chi connectivity index (χ0n) is 13.1. The van der Waals surface area contributed by atoms with E-state index in [0.29, 0.717) is 5.56 Å². The van der Waals surface area contributed by atoms with Gasteiger partial charge in [-0.2, -0.15) is 0 Å². The van der Waals surface area contributed by atoms with Crippen molar-refractivity contribution in [3.63, 3.8) is 0 Å². The lowest BCUT2D eigenvalue weighted by Gasteiger charge is -2.04. The minimum atomic E-state index is -0.359. The number of aromatic nitrogens is 3. The molecular formula is C18H15N3O2S. The Kier molecular flexibility index (Phi) is 3.74. The molecule has 6 heteroatoms. The number of benzene rings is 1. The highest BCUT2D eigenvalue weighted by molar-refractivity contribution is 7.13. The normalized spacial score (nSPS) is 14.0. The zero-order valence-corrected chi connectivity index (χ0v) is 13.9. The first kappa shape index (κ1) is 14.8. The summed E-state index contributed by atoms with van der Waals surface area (Å²) in [6.07, 6.45) is 8.42. The number of methoxy groups -OCH3 is 1. The summed E-state index contributed by atoms with van der Waals surface area (Å²) in [5.41, 5.74) is 4.36. The molecule has 0 unspecified atom stereocenters. The average Bonchev–Trinajstić information content (AvgIpc) is 3.27. The fourth-order valence-corrected chi connectivity index (χ4v) is 3.49. The first-order valence-corrected chi connectivity index (χ1v) is 8.52. The minimum absolute atomic E-state index is 0.359. The molecule has 0 saturated carbocycles. The van der Waals surface area contributed by atoms with Crippen molar-refractivity contribution in [2.45, 2.75) is 12.8 Å². The SMILES string of the molecule is COC(=O)c1ccc2nc(-c3nc(C4=CC=CCC4)cs3)[nH]c2c1. The molecule has 2 aromatic heterocycles. The molecule has 0 saturated heterocycles. The number of hydrogen-bond acceptors (Lipinski definition) is 5. The summed E-state index contributed by atoms with van der Waals surface area (Å²) in [5.74, 6) is 0.358. The van der Waals surface area contributed by atoms with Crippen LogP contribution in [0, 0.1) is 0 Å². The number of hydrogen-bond donors (Lipinski definition) is 1. The summed E-state index contributed by atoms with van der Waals surface area (Å²) >= 11 is 1.57. The summed E-state index contributed by atoms with van der Waals surface area (Å²) < 4.78 is 4.75. The number of nitrogens with zero attached hydrogens (tertiary/aromatic N) is 2. The molecule has 120 valence electrons. The number of aromatic amines is 1. The topological polar surface area (TPSA) is 67.9 Å². The quantitative estimate of drug-likeness (QED) is 0.727. The molecule has 5 nitrogen and oxygen atoms in total. The molecule has 1 aliphatic carbocycles. The molecule has 0 atom stereocenters. The van der Waals surface area contributed by atoms with Gasteiger partial charge in [0.05, 0.1) is 29.4 Å². The van der Waals surface area contributed by atoms with Crippen LogP contribution in [-0.4, -0.2) is 28.0 Å². The van der Waals surface area contributed by atoms with Crippen LogP contribution in [-0.2, 0) is 4.74 Å². The summed E-state index contributed by atoms with van der Waals surface area (Å²) in [6.45, 7) is 0. The fourth-order valence-electron chi connectivity index (χ4n) is 2.70. The molecule has 0 amide bonds. The Bertz CT molecular complexity index is 981. The van der Waals surface area contributed by atoms with Crippen LogP contribution < -0.4 is 0 Å². The third kappa shape index (κ3) is 2.65. The Hall–Kier alpha value is -2.73. The highest BCUT2D eigenvalue weighted by Crippen LogP contribution is 2.29. The molecule has 0 fully saturated rings. The molecule has 4 rings (SSSR count). The van der Waals surface area contributed by atoms with E-state index in [1.54, 1.807) is 23.5 Å². The van der Waals surface area contributed by atoms with Gasteiger partial charge in [0.1, 0.15) is 0 Å². The third-order valence-corrected chi connectivity index (χ3v) is 4.80. The van der Waals surface area contributed by atoms with Gasteiger partial charge in [0.2, 0.25) is 0 Å². The van der Waals surface area contributed by atoms with Crippen LogP contribution in [0.5, 0.6) is 0 Å². The second kappa shape index (κ2) is 6.05. The van der Waals surface area contributed by atoms with E-state index in [9.17, 15) is 4.79 Å². The summed E-state index contributed by atoms with van der Waals surface area (Å²) in [4.78, 5) is 24.2. The minimum Gasteiger partial charge on any atom is -0.465 e. The van der Waals surface area contributed by atoms with Crippen molar-refractivity contribution in [1.82, 2.24) is 15.0 Å². The molecule has 24 heavy (non-hydrogen) atoms. The number of ether oxygens (including phenoxy) is 1. The largest absolute Gasteiger partial charge is 0.465 e. The zero-order chi connectivity index (χ0) is 16.5. The number of fused-ring (bicyclic) bond motifs is 1. The Morgan fingerprint density at radius 2 is 2.25 bits per heavy atom. The van der Waals surface area contributed by atoms with E-state index in [1.165, 1.54) is 12.7 Å². The van der Waals surface area contributed by atoms with Gasteiger partial charge in [-0.25, -0.2) is 14.8 Å². The number of carbonyl (C=O) groups is 1. The lowest BCUT2D eigenvalue weighted by atomic mass is 10.0. The van der Waals surface area contributed by atoms with Gasteiger partial charge in [-0.3, -0.25) is 0 Å². The predicted molar refractivity (Wildman–Crippen MR) is 94.9 cm³/mol. The smallest absolute Gasteiger partial charge is 0.337 e. The monoisotopic (exact) mass is 337 g/mol. The van der Waals surface area contributed by atoms with E-state index in [1.807, 2.05) is 6.07 Å². The van der Waals surface area contributed by atoms with Gasteiger partial charge in [0.25, 0.3) is 0 Å². The van der Waals surface area contributed by atoms with Gasteiger partial charge in [-0.1, -0.05) is 18.2 Å². The third-order valence-electron chi connectivity index (χ3n) is 3.95. The van der Waals surface area contributed by atoms with Crippen LogP contribution >= 0.6 is 11.3 Å². The van der Waals surface area contributed by atoms with Crippen LogP contribution in [0.2, 0.25) is 0 Å². The molecule has 0 radical (unpaired) electrons. The Morgan fingerprint density at radius 3 is 3.04 bits per heavy atom. The molecule has 2 heterocycles. The second-order valence-corrected chi connectivity index (χ2v) is 6.36. The summed E-state index contributed by atoms with van der Waals surface area (Å²) in [7, 11) is 1.37. The second-order valence-electron chi connectivity index (χ2n) is 5.51. The summed E-state index contributed by atoms with van der Waals surface area (Å²) in [5, 5.41) is 2.91. The Morgan fingerprint density at radius 1 is 1.33 bits per heavy atom. The number of imidazole rings is 1. The lowest BCUT2D eigenvalue weighted by Crippen LogP contribution is -2.00. The molecule has 3 aromatic rings. The molecule has 0 aliphatic heterocycles. The molecular weight excluding hydrogens is 322 g/mol. The molecule has 1 N–H and O–H groups in total. The van der Waals surface area contributed by atoms with Crippen molar-refractivity contribution < 1.29 is 9.53 Å². The maximum atomic E-state index is 11.6. The van der Waals surface area contributed by atoms with Crippen molar-refractivity contribution >= 4 is 33.9 Å². The Labute approximate surface area is 142 Å². The van der Waals surface area contributed by atoms with Crippen molar-refractivity contribution in [2.75, 3.05) is 7.11 Å². The van der Waals surface area contributed by atoms with E-state index in [2.05, 4.69) is 33.6 Å². The highest BCUT2D eigenvalue weighted by atomic mass is 32.1. The van der Waals surface area contributed by atoms with Crippen LogP contribution in [0.25, 0.3) is 27.4 Å². The molecule has 1 aromatic carbocycles. The van der Waals surface area contributed by atoms with Crippen molar-refractivity contribution in [1.29, 1.82) is 0 Å². The maximum Gasteiger partial charge on any atom is 0.337 e. The highest BCUT2D eigenvalue weighted by Gasteiger charge is 2.14. The lowest BCUT2D eigenvalue weighted by molar-refractivity contribution is 0.0601. The number of rotatable bonds is 3. The predicted octanol–water partition coefficient (Wildman–Crippen LogP) is 4.21. The van der Waals surface area contributed by atoms with E-state index >= 15 is 0 Å².